The molecule has 0 saturated carbocycles. The van der Waals surface area contributed by atoms with Crippen LogP contribution in [0.5, 0.6) is 0 Å². The fourth-order valence-electron chi connectivity index (χ4n) is 12.5. The minimum Gasteiger partial charge on any atom is -0.373 e. The number of aromatic amines is 4. The standard InChI is InChI=1S/C27H21ClN4.C19H15Cl.C8H6BrClN4.C8H6ClN7.C8H8ClN5.C8H7ClN4.C8H6ClN.2CH4.N3.Na/c1-20-19-24(28)17-18-25(20)26-29-30-31-32(26)27(21-11-5-2-6-12-21,22-13-7-3-8-14-22)23-15-9-4-10-16-23;20-19(16-10-4-1-5-11-16,17-12-6-2-7-13-17)18-14-8-3-9-15-18;9-4-5-3-6(10)1-2-7(5)8-11-13-14-12-8;9-6-1-2-7(8-12-15-16-13-8)5(3-6)4-11-14-10;9-6-1-2-7(5(3-6)4-10)8-11-13-14-12-8;1-5-4-6(9)2-3-7(5)8-10-12-13-11-8;1-6-4-8(9)3-2-7(6)5-10;;;1-3-2;/h2-19H,1H3;1-15H;1-3H,4H2,(H,11,12,13,14);1-3H,4H2,(H,12,13,15,16);1-3H,4,10H2,(H,11,12,13,14);2-4H,1H3,(H,10,11,12,13);2-4H,1H3;2*1H4;;/q;;;;;;;;;-1;+1. The first-order valence-electron chi connectivity index (χ1n) is 36.4. The van der Waals surface area contributed by atoms with Gasteiger partial charge in [0, 0.05) is 74.7 Å². The van der Waals surface area contributed by atoms with Crippen molar-refractivity contribution in [3.8, 4) is 63.0 Å². The van der Waals surface area contributed by atoms with Gasteiger partial charge in [-0.25, -0.2) is 4.68 Å². The van der Waals surface area contributed by atoms with E-state index >= 15 is 0 Å². The number of nitrogens with zero attached hydrogens (tertiary/aromatic N) is 23. The molecule has 0 saturated heterocycles. The number of alkyl halides is 2. The molecule has 0 aliphatic heterocycles. The van der Waals surface area contributed by atoms with Crippen molar-refractivity contribution in [3.05, 3.63) is 420 Å². The predicted molar refractivity (Wildman–Crippen MR) is 494 cm³/mol. The van der Waals surface area contributed by atoms with Crippen molar-refractivity contribution in [2.45, 2.75) is 64.5 Å². The van der Waals surface area contributed by atoms with Crippen LogP contribution < -0.4 is 35.3 Å². The minimum atomic E-state index is -0.769. The number of azide groups is 1. The maximum atomic E-state index is 8.52. The Morgan fingerprint density at radius 1 is 0.416 bits per heavy atom. The maximum absolute atomic E-state index is 8.52. The van der Waals surface area contributed by atoms with E-state index in [1.54, 1.807) is 60.7 Å². The summed E-state index contributed by atoms with van der Waals surface area (Å²) >= 11 is 45.8. The number of nitriles is 1. The molecule has 0 bridgehead atoms. The molecule has 626 valence electrons. The van der Waals surface area contributed by atoms with Crippen LogP contribution in [-0.2, 0) is 28.8 Å². The number of aryl methyl sites for hydroxylation is 3. The van der Waals surface area contributed by atoms with Gasteiger partial charge >= 0.3 is 29.6 Å². The van der Waals surface area contributed by atoms with Gasteiger partial charge in [-0.1, -0.05) is 287 Å². The van der Waals surface area contributed by atoms with E-state index in [9.17, 15) is 0 Å². The van der Waals surface area contributed by atoms with E-state index in [0.717, 1.165) is 94.6 Å². The van der Waals surface area contributed by atoms with Gasteiger partial charge in [-0.15, -0.1) is 57.5 Å². The van der Waals surface area contributed by atoms with Gasteiger partial charge in [-0.05, 0) is 234 Å². The molecule has 0 amide bonds. The number of nitrogens with two attached hydrogens (primary N) is 1. The molecule has 6 N–H and O–H groups in total. The van der Waals surface area contributed by atoms with Crippen LogP contribution in [0.25, 0.3) is 83.4 Å². The number of H-pyrrole nitrogens is 4. The zero-order valence-electron chi connectivity index (χ0n) is 65.7. The zero-order chi connectivity index (χ0) is 86.6. The number of tetrazole rings is 5. The number of aromatic nitrogens is 20. The monoisotopic (exact) mass is 1870 g/mol. The van der Waals surface area contributed by atoms with E-state index in [-0.39, 0.29) is 51.0 Å². The summed E-state index contributed by atoms with van der Waals surface area (Å²) in [5.41, 5.74) is 43.8. The van der Waals surface area contributed by atoms with E-state index in [2.05, 4.69) is 203 Å². The van der Waals surface area contributed by atoms with Gasteiger partial charge in [-0.3, -0.25) is 4.91 Å². The Bertz CT molecular complexity index is 5950. The molecule has 0 radical (unpaired) electrons. The summed E-state index contributed by atoms with van der Waals surface area (Å²) in [7, 11) is 0. The number of halogens is 8. The first kappa shape index (κ1) is 99.7. The Labute approximate surface area is 786 Å². The number of hydrogen-bond acceptors (Lipinski definition) is 18. The van der Waals surface area contributed by atoms with Crippen molar-refractivity contribution in [2.24, 2.45) is 10.8 Å². The summed E-state index contributed by atoms with van der Waals surface area (Å²) in [6, 6.07) is 96.5. The number of nitrogens with one attached hydrogen (secondary N) is 4. The van der Waals surface area contributed by atoms with Crippen LogP contribution in [0.3, 0.4) is 0 Å². The van der Waals surface area contributed by atoms with Crippen LogP contribution in [0.2, 0.25) is 30.1 Å². The van der Waals surface area contributed by atoms with Crippen LogP contribution in [-0.4, -0.2) is 103 Å². The van der Waals surface area contributed by atoms with Crippen LogP contribution in [0.1, 0.15) is 87.2 Å². The van der Waals surface area contributed by atoms with Gasteiger partial charge in [0.15, 0.2) is 5.82 Å². The Kier molecular flexibility index (Phi) is 40.7. The average Bonchev–Trinajstić information content (AvgIpc) is 1.46. The average molecular weight is 1880 g/mol. The van der Waals surface area contributed by atoms with E-state index in [4.69, 9.17) is 109 Å². The maximum Gasteiger partial charge on any atom is 1.00 e. The van der Waals surface area contributed by atoms with Gasteiger partial charge in [0.1, 0.15) is 10.4 Å². The van der Waals surface area contributed by atoms with Crippen LogP contribution in [0.15, 0.2) is 296 Å². The predicted octanol–water partition coefficient (Wildman–Crippen LogP) is 20.6. The third kappa shape index (κ3) is 26.8. The van der Waals surface area contributed by atoms with Crippen molar-refractivity contribution < 1.29 is 29.6 Å². The van der Waals surface area contributed by atoms with Crippen molar-refractivity contribution in [2.75, 3.05) is 0 Å². The largest absolute Gasteiger partial charge is 1.00 e. The van der Waals surface area contributed by atoms with Gasteiger partial charge in [-0.2, -0.15) is 26.1 Å². The Morgan fingerprint density at radius 2 is 0.720 bits per heavy atom. The summed E-state index contributed by atoms with van der Waals surface area (Å²) < 4.78 is 1.93. The Hall–Kier alpha value is -12.4. The molecule has 0 fully saturated rings. The van der Waals surface area contributed by atoms with Crippen molar-refractivity contribution >= 4 is 97.1 Å². The van der Waals surface area contributed by atoms with Gasteiger partial charge in [0.05, 0.1) is 18.2 Å². The smallest absolute Gasteiger partial charge is 0.373 e. The summed E-state index contributed by atoms with van der Waals surface area (Å²) in [6.45, 7) is 6.43. The quantitative estimate of drug-likeness (QED) is 0.0150. The molecular formula is C88H77BrCl7N28Na. The molecule has 125 heavy (non-hydrogen) atoms. The topological polar surface area (TPSA) is 419 Å². The van der Waals surface area contributed by atoms with Crippen LogP contribution in [0, 0.1) is 32.1 Å². The van der Waals surface area contributed by atoms with Crippen LogP contribution >= 0.6 is 97.1 Å². The molecule has 17 aromatic rings. The molecule has 12 aromatic carbocycles. The van der Waals surface area contributed by atoms with E-state index < -0.39 is 10.4 Å². The molecule has 37 heteroatoms. The summed E-state index contributed by atoms with van der Waals surface area (Å²) in [6.07, 6.45) is 0. The Balaban J connectivity index is 0.000000205. The van der Waals surface area contributed by atoms with E-state index in [0.29, 0.717) is 76.7 Å². The zero-order valence-corrected chi connectivity index (χ0v) is 74.6. The molecule has 0 unspecified atom stereocenters. The third-order valence-corrected chi connectivity index (χ3v) is 20.7. The van der Waals surface area contributed by atoms with Gasteiger partial charge in [0.2, 0.25) is 23.3 Å². The van der Waals surface area contributed by atoms with Crippen molar-refractivity contribution in [1.29, 1.82) is 5.26 Å². The van der Waals surface area contributed by atoms with Crippen molar-refractivity contribution in [1.82, 2.24) is 103 Å². The first-order valence-corrected chi connectivity index (χ1v) is 40.2. The molecular weight excluding hydrogens is 1800 g/mol. The number of hydrogen-bond donors (Lipinski definition) is 5. The molecule has 0 spiro atoms. The molecule has 5 heterocycles. The van der Waals surface area contributed by atoms with E-state index in [1.807, 2.05) is 183 Å². The second kappa shape index (κ2) is 51.0. The minimum absolute atomic E-state index is 0. The number of benzene rings is 12. The Morgan fingerprint density at radius 3 is 1.05 bits per heavy atom. The van der Waals surface area contributed by atoms with E-state index in [1.165, 1.54) is 4.91 Å². The SMILES string of the molecule is C.C.Cc1cc(Cl)ccc1-c1nn[nH]n1.Cc1cc(Cl)ccc1-c1nnnn1C(c1ccccc1)(c1ccccc1)c1ccccc1.Cc1cc(Cl)ccc1C#N.ClC(c1ccccc1)(c1ccccc1)c1ccccc1.Clc1ccc(-c2nn[nH]n2)c(CBr)c1.NCc1cc(Cl)ccc1-c1nn[nH]n1.[N-]=[N+]=NCc1cc(Cl)ccc1-c1nn[nH]n1.[N-]=[N+]=[N-].[Na+]. The molecule has 0 aliphatic rings. The van der Waals surface area contributed by atoms with Crippen molar-refractivity contribution in [3.63, 3.8) is 0 Å². The second-order valence-corrected chi connectivity index (χ2v) is 29.4. The van der Waals surface area contributed by atoms with Gasteiger partial charge in [0.25, 0.3) is 0 Å². The fraction of sp³-hybridized carbons (Fsp3) is 0.114. The third-order valence-electron chi connectivity index (χ3n) is 18.0. The molecule has 5 aromatic heterocycles. The summed E-state index contributed by atoms with van der Waals surface area (Å²) in [4.78, 5) is 3.55. The summed E-state index contributed by atoms with van der Waals surface area (Å²) in [5.74, 6) is 2.82. The van der Waals surface area contributed by atoms with Gasteiger partial charge < -0.3 is 16.8 Å². The fourth-order valence-corrected chi connectivity index (χ4v) is 14.6. The summed E-state index contributed by atoms with van der Waals surface area (Å²) in [5, 5.41) is 84.5. The van der Waals surface area contributed by atoms with Crippen LogP contribution in [0.4, 0.5) is 0 Å². The molecule has 28 nitrogen and oxygen atoms in total. The molecule has 17 rings (SSSR count). The normalized spacial score (nSPS) is 10.2. The molecule has 0 aliphatic carbocycles. The number of rotatable bonds is 16. The second-order valence-electron chi connectivity index (χ2n) is 25.6. The molecule has 0 atom stereocenters. The first-order chi connectivity index (χ1) is 59.4.